The number of pyridine rings is 1. The number of hydrogen-bond donors (Lipinski definition) is 1. The first-order valence-electron chi connectivity index (χ1n) is 5.79. The molecule has 0 aliphatic carbocycles. The highest BCUT2D eigenvalue weighted by Gasteiger charge is 2.14. The van der Waals surface area contributed by atoms with Crippen LogP contribution < -0.4 is 10.5 Å². The summed E-state index contributed by atoms with van der Waals surface area (Å²) in [6.07, 6.45) is 3.67. The maximum atomic E-state index is 13.2. The van der Waals surface area contributed by atoms with Crippen molar-refractivity contribution in [3.63, 3.8) is 0 Å². The number of aromatic nitrogens is 1. The van der Waals surface area contributed by atoms with Gasteiger partial charge < -0.3 is 10.5 Å². The van der Waals surface area contributed by atoms with Gasteiger partial charge in [0.05, 0.1) is 13.3 Å². The Labute approximate surface area is 116 Å². The monoisotopic (exact) mass is 280 g/mol. The first-order valence-corrected chi connectivity index (χ1v) is 6.17. The van der Waals surface area contributed by atoms with E-state index < -0.39 is 0 Å². The van der Waals surface area contributed by atoms with Crippen LogP contribution in [0.15, 0.2) is 36.7 Å². The summed E-state index contributed by atoms with van der Waals surface area (Å²) in [4.78, 5) is 3.97. The van der Waals surface area contributed by atoms with Crippen molar-refractivity contribution < 1.29 is 9.13 Å². The van der Waals surface area contributed by atoms with Crippen LogP contribution >= 0.6 is 11.6 Å². The number of halogens is 2. The minimum absolute atomic E-state index is 0.326. The predicted molar refractivity (Wildman–Crippen MR) is 72.8 cm³/mol. The normalized spacial score (nSPS) is 12.2. The lowest BCUT2D eigenvalue weighted by Crippen LogP contribution is -2.15. The molecule has 2 aromatic rings. The lowest BCUT2D eigenvalue weighted by atomic mass is 10.00. The molecule has 0 amide bonds. The lowest BCUT2D eigenvalue weighted by Gasteiger charge is -2.16. The van der Waals surface area contributed by atoms with Gasteiger partial charge in [-0.2, -0.15) is 0 Å². The van der Waals surface area contributed by atoms with Crippen molar-refractivity contribution in [2.75, 3.05) is 7.11 Å². The maximum Gasteiger partial charge on any atom is 0.141 e. The van der Waals surface area contributed by atoms with E-state index in [0.29, 0.717) is 22.8 Å². The molecule has 1 unspecified atom stereocenters. The molecule has 0 aliphatic rings. The van der Waals surface area contributed by atoms with E-state index in [1.165, 1.54) is 18.2 Å². The van der Waals surface area contributed by atoms with Crippen LogP contribution in [0.5, 0.6) is 5.75 Å². The zero-order valence-corrected chi connectivity index (χ0v) is 11.2. The summed E-state index contributed by atoms with van der Waals surface area (Å²) in [6.45, 7) is 0. The third kappa shape index (κ3) is 3.22. The third-order valence-electron chi connectivity index (χ3n) is 2.88. The van der Waals surface area contributed by atoms with Crippen molar-refractivity contribution in [1.29, 1.82) is 0 Å². The van der Waals surface area contributed by atoms with Gasteiger partial charge in [0, 0.05) is 22.8 Å². The standard InChI is InChI=1S/C14H14ClFN2O/c1-19-14-8-18-5-4-11(14)13(17)7-9-6-10(16)2-3-12(9)15/h2-6,8,13H,7,17H2,1H3. The second kappa shape index (κ2) is 5.99. The molecule has 3 nitrogen and oxygen atoms in total. The van der Waals surface area contributed by atoms with E-state index >= 15 is 0 Å². The first-order chi connectivity index (χ1) is 9.11. The Morgan fingerprint density at radius 3 is 2.95 bits per heavy atom. The number of nitrogens with two attached hydrogens (primary N) is 1. The fourth-order valence-electron chi connectivity index (χ4n) is 1.91. The molecule has 0 fully saturated rings. The molecule has 0 bridgehead atoms. The van der Waals surface area contributed by atoms with Crippen molar-refractivity contribution in [3.05, 3.63) is 58.6 Å². The van der Waals surface area contributed by atoms with Crippen LogP contribution in [0.1, 0.15) is 17.2 Å². The summed E-state index contributed by atoms with van der Waals surface area (Å²) in [6, 6.07) is 5.71. The summed E-state index contributed by atoms with van der Waals surface area (Å²) >= 11 is 6.04. The summed E-state index contributed by atoms with van der Waals surface area (Å²) < 4.78 is 18.4. The molecule has 1 aromatic heterocycles. The zero-order valence-electron chi connectivity index (χ0n) is 10.4. The molecule has 5 heteroatoms. The van der Waals surface area contributed by atoms with E-state index in [2.05, 4.69) is 4.98 Å². The Balaban J connectivity index is 2.25. The number of methoxy groups -OCH3 is 1. The SMILES string of the molecule is COc1cnccc1C(N)Cc1cc(F)ccc1Cl. The minimum Gasteiger partial charge on any atom is -0.495 e. The molecule has 1 heterocycles. The summed E-state index contributed by atoms with van der Waals surface area (Å²) in [7, 11) is 1.56. The number of rotatable bonds is 4. The van der Waals surface area contributed by atoms with Gasteiger partial charge in [-0.05, 0) is 36.2 Å². The highest BCUT2D eigenvalue weighted by Crippen LogP contribution is 2.27. The second-order valence-electron chi connectivity index (χ2n) is 4.16. The van der Waals surface area contributed by atoms with Crippen LogP contribution in [0, 0.1) is 5.82 Å². The van der Waals surface area contributed by atoms with E-state index in [9.17, 15) is 4.39 Å². The fraction of sp³-hybridized carbons (Fsp3) is 0.214. The molecule has 0 saturated heterocycles. The molecule has 1 aromatic carbocycles. The minimum atomic E-state index is -0.336. The van der Waals surface area contributed by atoms with Gasteiger partial charge in [0.2, 0.25) is 0 Å². The Bertz CT molecular complexity index is 577. The van der Waals surface area contributed by atoms with E-state index in [1.807, 2.05) is 0 Å². The van der Waals surface area contributed by atoms with Gasteiger partial charge in [0.1, 0.15) is 11.6 Å². The molecule has 0 spiro atoms. The molecule has 1 atom stereocenters. The Kier molecular flexibility index (Phi) is 4.35. The molecular formula is C14H14ClFN2O. The van der Waals surface area contributed by atoms with E-state index in [0.717, 1.165) is 5.56 Å². The van der Waals surface area contributed by atoms with Crippen molar-refractivity contribution in [2.45, 2.75) is 12.5 Å². The van der Waals surface area contributed by atoms with Crippen LogP contribution in [-0.4, -0.2) is 12.1 Å². The maximum absolute atomic E-state index is 13.2. The highest BCUT2D eigenvalue weighted by atomic mass is 35.5. The lowest BCUT2D eigenvalue weighted by molar-refractivity contribution is 0.403. The number of nitrogens with zero attached hydrogens (tertiary/aromatic N) is 1. The van der Waals surface area contributed by atoms with Crippen LogP contribution in [0.4, 0.5) is 4.39 Å². The number of benzene rings is 1. The fourth-order valence-corrected chi connectivity index (χ4v) is 2.11. The van der Waals surface area contributed by atoms with Crippen molar-refractivity contribution in [2.24, 2.45) is 5.73 Å². The van der Waals surface area contributed by atoms with Crippen LogP contribution in [0.25, 0.3) is 0 Å². The van der Waals surface area contributed by atoms with Gasteiger partial charge in [-0.1, -0.05) is 11.6 Å². The average Bonchev–Trinajstić information content (AvgIpc) is 2.42. The molecule has 2 N–H and O–H groups in total. The third-order valence-corrected chi connectivity index (χ3v) is 3.25. The van der Waals surface area contributed by atoms with E-state index in [4.69, 9.17) is 22.1 Å². The number of hydrogen-bond acceptors (Lipinski definition) is 3. The molecule has 2 rings (SSSR count). The molecule has 19 heavy (non-hydrogen) atoms. The van der Waals surface area contributed by atoms with Gasteiger partial charge in [0.15, 0.2) is 0 Å². The van der Waals surface area contributed by atoms with Crippen LogP contribution in [0.3, 0.4) is 0 Å². The highest BCUT2D eigenvalue weighted by molar-refractivity contribution is 6.31. The van der Waals surface area contributed by atoms with E-state index in [1.54, 1.807) is 25.6 Å². The second-order valence-corrected chi connectivity index (χ2v) is 4.57. The quantitative estimate of drug-likeness (QED) is 0.936. The Morgan fingerprint density at radius 1 is 1.42 bits per heavy atom. The van der Waals surface area contributed by atoms with Crippen molar-refractivity contribution in [3.8, 4) is 5.75 Å². The first kappa shape index (κ1) is 13.8. The predicted octanol–water partition coefficient (Wildman–Crippen LogP) is 3.13. The summed E-state index contributed by atoms with van der Waals surface area (Å²) in [5.74, 6) is 0.288. The largest absolute Gasteiger partial charge is 0.495 e. The summed E-state index contributed by atoms with van der Waals surface area (Å²) in [5.41, 5.74) is 7.63. The van der Waals surface area contributed by atoms with E-state index in [-0.39, 0.29) is 11.9 Å². The van der Waals surface area contributed by atoms with Gasteiger partial charge in [-0.3, -0.25) is 4.98 Å². The van der Waals surface area contributed by atoms with Gasteiger partial charge >= 0.3 is 0 Å². The van der Waals surface area contributed by atoms with Crippen LogP contribution in [0.2, 0.25) is 5.02 Å². The average molecular weight is 281 g/mol. The topological polar surface area (TPSA) is 48.1 Å². The Hall–Kier alpha value is -1.65. The molecule has 0 saturated carbocycles. The van der Waals surface area contributed by atoms with Gasteiger partial charge in [-0.15, -0.1) is 0 Å². The number of ether oxygens (including phenoxy) is 1. The van der Waals surface area contributed by atoms with Crippen molar-refractivity contribution >= 4 is 11.6 Å². The summed E-state index contributed by atoms with van der Waals surface area (Å²) in [5, 5.41) is 0.505. The molecule has 0 aliphatic heterocycles. The Morgan fingerprint density at radius 2 is 2.21 bits per heavy atom. The van der Waals surface area contributed by atoms with Gasteiger partial charge in [0.25, 0.3) is 0 Å². The van der Waals surface area contributed by atoms with Crippen molar-refractivity contribution in [1.82, 2.24) is 4.98 Å². The van der Waals surface area contributed by atoms with Gasteiger partial charge in [-0.25, -0.2) is 4.39 Å². The van der Waals surface area contributed by atoms with Crippen LogP contribution in [-0.2, 0) is 6.42 Å². The zero-order chi connectivity index (χ0) is 13.8. The molecule has 100 valence electrons. The molecular weight excluding hydrogens is 267 g/mol. The smallest absolute Gasteiger partial charge is 0.141 e. The molecule has 0 radical (unpaired) electrons.